The Morgan fingerprint density at radius 3 is 2.27 bits per heavy atom. The molecule has 3 rings (SSSR count). The Labute approximate surface area is 156 Å². The number of aromatic nitrogens is 2. The smallest absolute Gasteiger partial charge is 0.274 e. The van der Waals surface area contributed by atoms with E-state index >= 15 is 0 Å². The van der Waals surface area contributed by atoms with Crippen molar-refractivity contribution in [2.45, 2.75) is 52.1 Å². The van der Waals surface area contributed by atoms with Crippen molar-refractivity contribution in [1.29, 1.82) is 0 Å². The second-order valence-electron chi connectivity index (χ2n) is 7.19. The number of nitrogens with zero attached hydrogens (tertiary/aromatic N) is 4. The Morgan fingerprint density at radius 1 is 1.00 bits per heavy atom. The summed E-state index contributed by atoms with van der Waals surface area (Å²) >= 11 is 0. The van der Waals surface area contributed by atoms with Gasteiger partial charge in [0.25, 0.3) is 5.91 Å². The topological polar surface area (TPSA) is 49.3 Å². The standard InChI is InChI=1S/C21H28N4O/c1-17(2)25(16-18-10-6-5-7-11-18)21(26)19-12-13-20(23-22-19)24-14-8-3-4-9-15-24/h5-7,10-13,17H,3-4,8-9,14-16H2,1-2H3. The molecule has 26 heavy (non-hydrogen) atoms. The van der Waals surface area contributed by atoms with E-state index in [9.17, 15) is 4.79 Å². The van der Waals surface area contributed by atoms with E-state index in [1.54, 1.807) is 0 Å². The largest absolute Gasteiger partial charge is 0.355 e. The van der Waals surface area contributed by atoms with Crippen LogP contribution in [0.5, 0.6) is 0 Å². The van der Waals surface area contributed by atoms with Gasteiger partial charge in [-0.15, -0.1) is 10.2 Å². The number of benzene rings is 1. The zero-order valence-corrected chi connectivity index (χ0v) is 15.8. The summed E-state index contributed by atoms with van der Waals surface area (Å²) in [5, 5.41) is 8.59. The summed E-state index contributed by atoms with van der Waals surface area (Å²) in [6.07, 6.45) is 4.95. The second-order valence-corrected chi connectivity index (χ2v) is 7.19. The van der Waals surface area contributed by atoms with Crippen LogP contribution in [0, 0.1) is 0 Å². The van der Waals surface area contributed by atoms with Gasteiger partial charge in [-0.2, -0.15) is 0 Å². The number of anilines is 1. The minimum atomic E-state index is -0.0706. The third kappa shape index (κ3) is 4.59. The molecule has 0 bridgehead atoms. The molecule has 1 amide bonds. The van der Waals surface area contributed by atoms with E-state index < -0.39 is 0 Å². The van der Waals surface area contributed by atoms with Crippen molar-refractivity contribution in [3.05, 3.63) is 53.7 Å². The van der Waals surface area contributed by atoms with Gasteiger partial charge in [0.2, 0.25) is 0 Å². The molecular weight excluding hydrogens is 324 g/mol. The van der Waals surface area contributed by atoms with Gasteiger partial charge in [0, 0.05) is 25.7 Å². The van der Waals surface area contributed by atoms with E-state index in [4.69, 9.17) is 0 Å². The van der Waals surface area contributed by atoms with Crippen LogP contribution in [0.4, 0.5) is 5.82 Å². The number of carbonyl (C=O) groups excluding carboxylic acids is 1. The minimum Gasteiger partial charge on any atom is -0.355 e. The average Bonchev–Trinajstić information content (AvgIpc) is 2.96. The Balaban J connectivity index is 1.72. The number of hydrogen-bond donors (Lipinski definition) is 0. The zero-order chi connectivity index (χ0) is 18.4. The van der Waals surface area contributed by atoms with Gasteiger partial charge >= 0.3 is 0 Å². The zero-order valence-electron chi connectivity index (χ0n) is 15.8. The predicted octanol–water partition coefficient (Wildman–Crippen LogP) is 3.91. The molecule has 1 saturated heterocycles. The third-order valence-corrected chi connectivity index (χ3v) is 4.88. The quantitative estimate of drug-likeness (QED) is 0.819. The average molecular weight is 352 g/mol. The first-order valence-corrected chi connectivity index (χ1v) is 9.59. The molecule has 0 unspecified atom stereocenters. The van der Waals surface area contributed by atoms with E-state index in [2.05, 4.69) is 15.1 Å². The maximum atomic E-state index is 12.9. The number of rotatable bonds is 5. The fourth-order valence-electron chi connectivity index (χ4n) is 3.32. The molecular formula is C21H28N4O. The number of carbonyl (C=O) groups is 1. The van der Waals surface area contributed by atoms with Gasteiger partial charge < -0.3 is 9.80 Å². The molecule has 0 radical (unpaired) electrons. The van der Waals surface area contributed by atoms with Crippen molar-refractivity contribution in [1.82, 2.24) is 15.1 Å². The molecule has 0 atom stereocenters. The van der Waals surface area contributed by atoms with Crippen LogP contribution in [0.2, 0.25) is 0 Å². The van der Waals surface area contributed by atoms with Crippen LogP contribution in [0.15, 0.2) is 42.5 Å². The van der Waals surface area contributed by atoms with Gasteiger partial charge in [0.05, 0.1) is 0 Å². The summed E-state index contributed by atoms with van der Waals surface area (Å²) in [7, 11) is 0. The molecule has 0 aliphatic carbocycles. The molecule has 1 aliphatic heterocycles. The van der Waals surface area contributed by atoms with E-state index in [1.165, 1.54) is 25.7 Å². The number of amides is 1. The van der Waals surface area contributed by atoms with Crippen LogP contribution in [0.1, 0.15) is 55.6 Å². The Kier molecular flexibility index (Phi) is 6.21. The Bertz CT molecular complexity index is 692. The van der Waals surface area contributed by atoms with Crippen molar-refractivity contribution >= 4 is 11.7 Å². The molecule has 0 spiro atoms. The molecule has 138 valence electrons. The van der Waals surface area contributed by atoms with Gasteiger partial charge in [-0.25, -0.2) is 0 Å². The van der Waals surface area contributed by atoms with E-state index in [0.717, 1.165) is 24.5 Å². The minimum absolute atomic E-state index is 0.0706. The Morgan fingerprint density at radius 2 is 1.69 bits per heavy atom. The van der Waals surface area contributed by atoms with Crippen LogP contribution in [0.3, 0.4) is 0 Å². The van der Waals surface area contributed by atoms with Crippen LogP contribution >= 0.6 is 0 Å². The van der Waals surface area contributed by atoms with Crippen LogP contribution in [0.25, 0.3) is 0 Å². The lowest BCUT2D eigenvalue weighted by Crippen LogP contribution is -2.37. The maximum absolute atomic E-state index is 12.9. The molecule has 2 heterocycles. The fraction of sp³-hybridized carbons (Fsp3) is 0.476. The van der Waals surface area contributed by atoms with Crippen molar-refractivity contribution in [3.63, 3.8) is 0 Å². The normalized spacial score (nSPS) is 15.0. The van der Waals surface area contributed by atoms with Crippen molar-refractivity contribution in [3.8, 4) is 0 Å². The highest BCUT2D eigenvalue weighted by atomic mass is 16.2. The first kappa shape index (κ1) is 18.4. The van der Waals surface area contributed by atoms with E-state index in [0.29, 0.717) is 12.2 Å². The first-order valence-electron chi connectivity index (χ1n) is 9.59. The lowest BCUT2D eigenvalue weighted by Gasteiger charge is -2.27. The summed E-state index contributed by atoms with van der Waals surface area (Å²) in [5.41, 5.74) is 1.52. The monoisotopic (exact) mass is 352 g/mol. The highest BCUT2D eigenvalue weighted by molar-refractivity contribution is 5.92. The first-order chi connectivity index (χ1) is 12.6. The maximum Gasteiger partial charge on any atom is 0.274 e. The van der Waals surface area contributed by atoms with Crippen molar-refractivity contribution in [2.75, 3.05) is 18.0 Å². The molecule has 5 heteroatoms. The number of hydrogen-bond acceptors (Lipinski definition) is 4. The van der Waals surface area contributed by atoms with E-state index in [1.807, 2.05) is 61.2 Å². The molecule has 1 aromatic heterocycles. The fourth-order valence-corrected chi connectivity index (χ4v) is 3.32. The summed E-state index contributed by atoms with van der Waals surface area (Å²) < 4.78 is 0. The SMILES string of the molecule is CC(C)N(Cc1ccccc1)C(=O)c1ccc(N2CCCCCC2)nn1. The van der Waals surface area contributed by atoms with Crippen molar-refractivity contribution < 1.29 is 4.79 Å². The van der Waals surface area contributed by atoms with E-state index in [-0.39, 0.29) is 11.9 Å². The van der Waals surface area contributed by atoms with Gasteiger partial charge in [0.1, 0.15) is 0 Å². The molecule has 0 N–H and O–H groups in total. The Hall–Kier alpha value is -2.43. The summed E-state index contributed by atoms with van der Waals surface area (Å²) in [6.45, 7) is 6.68. The molecule has 0 saturated carbocycles. The lowest BCUT2D eigenvalue weighted by molar-refractivity contribution is 0.0683. The summed E-state index contributed by atoms with van der Waals surface area (Å²) in [6, 6.07) is 13.9. The molecule has 1 aliphatic rings. The second kappa shape index (κ2) is 8.79. The molecule has 1 aromatic carbocycles. The summed E-state index contributed by atoms with van der Waals surface area (Å²) in [4.78, 5) is 17.1. The van der Waals surface area contributed by atoms with Crippen LogP contribution < -0.4 is 4.90 Å². The van der Waals surface area contributed by atoms with Crippen LogP contribution in [-0.4, -0.2) is 40.1 Å². The van der Waals surface area contributed by atoms with Gasteiger partial charge in [0.15, 0.2) is 11.5 Å². The molecule has 1 fully saturated rings. The molecule has 2 aromatic rings. The predicted molar refractivity (Wildman–Crippen MR) is 104 cm³/mol. The van der Waals surface area contributed by atoms with Crippen molar-refractivity contribution in [2.24, 2.45) is 0 Å². The van der Waals surface area contributed by atoms with Gasteiger partial charge in [-0.3, -0.25) is 4.79 Å². The summed E-state index contributed by atoms with van der Waals surface area (Å²) in [5.74, 6) is 0.807. The molecule has 5 nitrogen and oxygen atoms in total. The highest BCUT2D eigenvalue weighted by Crippen LogP contribution is 2.18. The lowest BCUT2D eigenvalue weighted by atomic mass is 10.1. The van der Waals surface area contributed by atoms with Gasteiger partial charge in [-0.05, 0) is 44.4 Å². The van der Waals surface area contributed by atoms with Crippen LogP contribution in [-0.2, 0) is 6.54 Å². The van der Waals surface area contributed by atoms with Gasteiger partial charge in [-0.1, -0.05) is 43.2 Å². The third-order valence-electron chi connectivity index (χ3n) is 4.88. The highest BCUT2D eigenvalue weighted by Gasteiger charge is 2.21.